The third-order valence-electron chi connectivity index (χ3n) is 5.54. The van der Waals surface area contributed by atoms with Gasteiger partial charge in [-0.25, -0.2) is 4.98 Å². The fourth-order valence-electron chi connectivity index (χ4n) is 4.35. The lowest BCUT2D eigenvalue weighted by Crippen LogP contribution is -2.44. The highest BCUT2D eigenvalue weighted by Crippen LogP contribution is 2.56. The van der Waals surface area contributed by atoms with Crippen LogP contribution in [0.3, 0.4) is 0 Å². The molecule has 0 aliphatic carbocycles. The Morgan fingerprint density at radius 1 is 1.10 bits per heavy atom. The predicted octanol–water partition coefficient (Wildman–Crippen LogP) is 4.72. The topological polar surface area (TPSA) is 81.2 Å². The highest BCUT2D eigenvalue weighted by Gasteiger charge is 2.59. The second-order valence-corrected chi connectivity index (χ2v) is 8.14. The van der Waals surface area contributed by atoms with Crippen molar-refractivity contribution in [2.75, 3.05) is 5.32 Å². The molecule has 0 saturated carbocycles. The number of amides is 1. The minimum Gasteiger partial charge on any atom is -0.437 e. The number of rotatable bonds is 2. The summed E-state index contributed by atoms with van der Waals surface area (Å²) in [6.45, 7) is 3.31. The van der Waals surface area contributed by atoms with E-state index in [1.165, 1.54) is 6.92 Å². The molecule has 3 heterocycles. The van der Waals surface area contributed by atoms with Crippen LogP contribution in [0.15, 0.2) is 54.1 Å². The number of nitrogens with one attached hydrogen (secondary N) is 1. The molecule has 8 heteroatoms. The summed E-state index contributed by atoms with van der Waals surface area (Å²) in [5, 5.41) is 2.72. The van der Waals surface area contributed by atoms with Crippen molar-refractivity contribution in [1.82, 2.24) is 9.97 Å². The molecule has 1 N–H and O–H groups in total. The van der Waals surface area contributed by atoms with Crippen LogP contribution in [0, 0.1) is 6.92 Å². The normalized spacial score (nSPS) is 19.0. The van der Waals surface area contributed by atoms with Gasteiger partial charge < -0.3 is 10.1 Å². The molecule has 2 aliphatic rings. The molecule has 5 rings (SSSR count). The summed E-state index contributed by atoms with van der Waals surface area (Å²) < 4.78 is 6.09. The van der Waals surface area contributed by atoms with Crippen molar-refractivity contribution in [3.63, 3.8) is 0 Å². The summed E-state index contributed by atoms with van der Waals surface area (Å²) in [5.74, 6) is -0.488. The number of hydrogen-bond donors (Lipinski definition) is 1. The molecule has 1 unspecified atom stereocenters. The Morgan fingerprint density at radius 3 is 2.55 bits per heavy atom. The molecule has 31 heavy (non-hydrogen) atoms. The highest BCUT2D eigenvalue weighted by molar-refractivity contribution is 6.34. The number of anilines is 1. The SMILES string of the molecule is CC(=O)C1=C(c2ccccc2)Oc2nc(Cl)nc(Cl)c2C12C(=O)Nc1ccc(C)cc12. The Labute approximate surface area is 187 Å². The van der Waals surface area contributed by atoms with Crippen molar-refractivity contribution in [1.29, 1.82) is 0 Å². The fraction of sp³-hybridized carbons (Fsp3) is 0.130. The lowest BCUT2D eigenvalue weighted by atomic mass is 9.67. The second-order valence-electron chi connectivity index (χ2n) is 7.45. The number of carbonyl (C=O) groups is 2. The van der Waals surface area contributed by atoms with Gasteiger partial charge in [-0.15, -0.1) is 0 Å². The van der Waals surface area contributed by atoms with E-state index in [4.69, 9.17) is 27.9 Å². The van der Waals surface area contributed by atoms with Crippen molar-refractivity contribution < 1.29 is 14.3 Å². The van der Waals surface area contributed by atoms with E-state index in [9.17, 15) is 9.59 Å². The van der Waals surface area contributed by atoms with Gasteiger partial charge in [0.2, 0.25) is 17.1 Å². The number of hydrogen-bond acceptors (Lipinski definition) is 5. The van der Waals surface area contributed by atoms with Crippen LogP contribution in [0.25, 0.3) is 5.76 Å². The van der Waals surface area contributed by atoms with Gasteiger partial charge in [0, 0.05) is 16.8 Å². The summed E-state index contributed by atoms with van der Waals surface area (Å²) in [6.07, 6.45) is 0. The van der Waals surface area contributed by atoms with E-state index in [-0.39, 0.29) is 39.0 Å². The van der Waals surface area contributed by atoms with Crippen molar-refractivity contribution >= 4 is 46.3 Å². The van der Waals surface area contributed by atoms with Crippen molar-refractivity contribution in [3.8, 4) is 5.88 Å². The summed E-state index contributed by atoms with van der Waals surface area (Å²) in [5.41, 5.74) is 1.50. The number of nitrogens with zero attached hydrogens (tertiary/aromatic N) is 2. The molecular weight excluding hydrogens is 437 g/mol. The lowest BCUT2D eigenvalue weighted by Gasteiger charge is -2.36. The molecule has 1 atom stereocenters. The number of ether oxygens (including phenoxy) is 1. The second kappa shape index (κ2) is 6.90. The average molecular weight is 452 g/mol. The molecule has 2 aliphatic heterocycles. The van der Waals surface area contributed by atoms with Crippen LogP contribution in [0.4, 0.5) is 5.69 Å². The molecule has 1 spiro atoms. The molecule has 1 aromatic heterocycles. The van der Waals surface area contributed by atoms with E-state index in [1.807, 2.05) is 37.3 Å². The number of ketones is 1. The number of fused-ring (bicyclic) bond motifs is 4. The van der Waals surface area contributed by atoms with E-state index in [0.29, 0.717) is 16.8 Å². The molecule has 3 aromatic rings. The zero-order chi connectivity index (χ0) is 21.9. The van der Waals surface area contributed by atoms with Crippen LogP contribution in [0.5, 0.6) is 5.88 Å². The Morgan fingerprint density at radius 2 is 1.84 bits per heavy atom. The fourth-order valence-corrected chi connectivity index (χ4v) is 4.86. The maximum Gasteiger partial charge on any atom is 0.244 e. The first kappa shape index (κ1) is 19.7. The van der Waals surface area contributed by atoms with Gasteiger partial charge in [0.25, 0.3) is 0 Å². The Balaban J connectivity index is 1.99. The Bertz CT molecular complexity index is 1320. The zero-order valence-electron chi connectivity index (χ0n) is 16.5. The van der Waals surface area contributed by atoms with E-state index in [1.54, 1.807) is 18.2 Å². The first-order valence-corrected chi connectivity index (χ1v) is 10.2. The quantitative estimate of drug-likeness (QED) is 0.450. The van der Waals surface area contributed by atoms with Crippen LogP contribution in [-0.2, 0) is 15.0 Å². The van der Waals surface area contributed by atoms with Gasteiger partial charge in [-0.3, -0.25) is 9.59 Å². The zero-order valence-corrected chi connectivity index (χ0v) is 18.0. The number of aromatic nitrogens is 2. The molecule has 0 fully saturated rings. The number of aryl methyl sites for hydroxylation is 1. The number of carbonyl (C=O) groups excluding carboxylic acids is 2. The summed E-state index contributed by atoms with van der Waals surface area (Å²) in [4.78, 5) is 35.1. The summed E-state index contributed by atoms with van der Waals surface area (Å²) >= 11 is 12.6. The maximum atomic E-state index is 13.7. The van der Waals surface area contributed by atoms with Crippen LogP contribution < -0.4 is 10.1 Å². The molecule has 0 radical (unpaired) electrons. The third kappa shape index (κ3) is 2.72. The maximum absolute atomic E-state index is 13.7. The summed E-state index contributed by atoms with van der Waals surface area (Å²) in [6, 6.07) is 14.6. The van der Waals surface area contributed by atoms with Crippen LogP contribution in [-0.4, -0.2) is 21.7 Å². The first-order chi connectivity index (χ1) is 14.8. The smallest absolute Gasteiger partial charge is 0.244 e. The Hall–Kier alpha value is -3.22. The van der Waals surface area contributed by atoms with Crippen molar-refractivity contribution in [2.45, 2.75) is 19.3 Å². The van der Waals surface area contributed by atoms with Gasteiger partial charge in [0.15, 0.2) is 5.78 Å². The summed E-state index contributed by atoms with van der Waals surface area (Å²) in [7, 11) is 0. The number of benzene rings is 2. The van der Waals surface area contributed by atoms with Gasteiger partial charge in [0.1, 0.15) is 16.3 Å². The van der Waals surface area contributed by atoms with Gasteiger partial charge in [-0.2, -0.15) is 4.98 Å². The highest BCUT2D eigenvalue weighted by atomic mass is 35.5. The Kier molecular flexibility index (Phi) is 4.39. The largest absolute Gasteiger partial charge is 0.437 e. The van der Waals surface area contributed by atoms with Crippen LogP contribution in [0.1, 0.15) is 29.2 Å². The molecule has 6 nitrogen and oxygen atoms in total. The standard InChI is InChI=1S/C23H15Cl2N3O3/c1-11-8-9-15-14(10-11)23(21(30)26-15)16(12(2)29)18(13-6-4-3-5-7-13)31-20-17(23)19(24)27-22(25)28-20/h3-10H,1-2H3,(H,26,30). The average Bonchev–Trinajstić information content (AvgIpc) is 2.99. The van der Waals surface area contributed by atoms with E-state index in [2.05, 4.69) is 15.3 Å². The first-order valence-electron chi connectivity index (χ1n) is 9.49. The predicted molar refractivity (Wildman–Crippen MR) is 117 cm³/mol. The molecule has 0 saturated heterocycles. The van der Waals surface area contributed by atoms with Crippen LogP contribution >= 0.6 is 23.2 Å². The van der Waals surface area contributed by atoms with E-state index in [0.717, 1.165) is 5.56 Å². The molecule has 2 aromatic carbocycles. The van der Waals surface area contributed by atoms with E-state index < -0.39 is 11.3 Å². The minimum atomic E-state index is -1.58. The van der Waals surface area contributed by atoms with Gasteiger partial charge in [0.05, 0.1) is 11.1 Å². The monoisotopic (exact) mass is 451 g/mol. The molecule has 0 bridgehead atoms. The van der Waals surface area contributed by atoms with E-state index >= 15 is 0 Å². The number of halogens is 2. The van der Waals surface area contributed by atoms with Gasteiger partial charge >= 0.3 is 0 Å². The molecular formula is C23H15Cl2N3O3. The molecule has 1 amide bonds. The van der Waals surface area contributed by atoms with Gasteiger partial charge in [-0.05, 0) is 31.5 Å². The minimum absolute atomic E-state index is 0.0401. The van der Waals surface area contributed by atoms with Crippen molar-refractivity contribution in [3.05, 3.63) is 86.8 Å². The van der Waals surface area contributed by atoms with Crippen LogP contribution in [0.2, 0.25) is 10.4 Å². The number of Topliss-reactive ketones (excluding diaryl/α,β-unsaturated/α-hetero) is 1. The molecule has 154 valence electrons. The third-order valence-corrected chi connectivity index (χ3v) is 5.98. The van der Waals surface area contributed by atoms with Crippen molar-refractivity contribution in [2.24, 2.45) is 0 Å². The van der Waals surface area contributed by atoms with Gasteiger partial charge in [-0.1, -0.05) is 59.6 Å². The lowest BCUT2D eigenvalue weighted by molar-refractivity contribution is -0.121.